The maximum absolute atomic E-state index is 7.00. The van der Waals surface area contributed by atoms with Crippen molar-refractivity contribution in [2.75, 3.05) is 0 Å². The Balaban J connectivity index is 1.83. The summed E-state index contributed by atoms with van der Waals surface area (Å²) in [6, 6.07) is 30.7. The van der Waals surface area contributed by atoms with Crippen LogP contribution in [0.1, 0.15) is 111 Å². The molecule has 0 spiro atoms. The summed E-state index contributed by atoms with van der Waals surface area (Å²) in [6.45, 7) is 29.2. The molecule has 234 valence electrons. The third-order valence-electron chi connectivity index (χ3n) is 8.13. The van der Waals surface area contributed by atoms with Gasteiger partial charge >= 0.3 is 8.38 Å². The van der Waals surface area contributed by atoms with E-state index in [0.717, 1.165) is 16.8 Å². The molecule has 0 atom stereocenters. The Morgan fingerprint density at radius 2 is 0.795 bits per heavy atom. The molecular weight excluding hydrogens is 555 g/mol. The lowest BCUT2D eigenvalue weighted by Crippen LogP contribution is -2.20. The largest absolute Gasteiger partial charge is 0.435 e. The van der Waals surface area contributed by atoms with Crippen molar-refractivity contribution in [2.24, 2.45) is 0 Å². The van der Waals surface area contributed by atoms with Crippen molar-refractivity contribution in [3.05, 3.63) is 113 Å². The highest BCUT2D eigenvalue weighted by Gasteiger charge is 2.29. The van der Waals surface area contributed by atoms with Crippen molar-refractivity contribution in [1.29, 1.82) is 0 Å². The van der Waals surface area contributed by atoms with Gasteiger partial charge in [0.2, 0.25) is 0 Å². The maximum atomic E-state index is 7.00. The molecule has 4 aromatic rings. The average molecular weight is 609 g/mol. The van der Waals surface area contributed by atoms with Crippen LogP contribution in [0.15, 0.2) is 84.9 Å². The zero-order valence-corrected chi connectivity index (χ0v) is 30.2. The van der Waals surface area contributed by atoms with Gasteiger partial charge in [0.15, 0.2) is 0 Å². The highest BCUT2D eigenvalue weighted by molar-refractivity contribution is 7.56. The molecule has 0 heterocycles. The topological polar surface area (TPSA) is 18.5 Å². The average Bonchev–Trinajstić information content (AvgIpc) is 2.91. The van der Waals surface area contributed by atoms with E-state index >= 15 is 0 Å². The molecule has 4 rings (SSSR count). The van der Waals surface area contributed by atoms with Crippen molar-refractivity contribution in [3.8, 4) is 22.6 Å². The van der Waals surface area contributed by atoms with E-state index in [4.69, 9.17) is 9.05 Å². The summed E-state index contributed by atoms with van der Waals surface area (Å²) < 4.78 is 14.0. The lowest BCUT2D eigenvalue weighted by Gasteiger charge is -2.30. The van der Waals surface area contributed by atoms with E-state index < -0.39 is 8.38 Å². The molecular formula is C41H53O2P. The lowest BCUT2D eigenvalue weighted by molar-refractivity contribution is 0.466. The second-order valence-electron chi connectivity index (χ2n) is 16.3. The molecule has 0 N–H and O–H groups in total. The zero-order valence-electron chi connectivity index (χ0n) is 29.3. The smallest absolute Gasteiger partial charge is 0.326 e. The number of benzene rings is 4. The van der Waals surface area contributed by atoms with Crippen LogP contribution in [0.3, 0.4) is 0 Å². The van der Waals surface area contributed by atoms with Crippen LogP contribution in [0.2, 0.25) is 0 Å². The summed E-state index contributed by atoms with van der Waals surface area (Å²) in [5, 5.41) is 1.04. The molecule has 0 aliphatic carbocycles. The first-order valence-electron chi connectivity index (χ1n) is 15.9. The van der Waals surface area contributed by atoms with Crippen LogP contribution in [0, 0.1) is 6.92 Å². The van der Waals surface area contributed by atoms with Crippen LogP contribution in [-0.2, 0) is 21.7 Å². The first kappa shape index (κ1) is 33.8. The number of hydrogen-bond acceptors (Lipinski definition) is 2. The summed E-state index contributed by atoms with van der Waals surface area (Å²) in [5.41, 5.74) is 8.51. The van der Waals surface area contributed by atoms with Gasteiger partial charge in [0.1, 0.15) is 11.5 Å². The van der Waals surface area contributed by atoms with Gasteiger partial charge in [-0.2, -0.15) is 0 Å². The fraction of sp³-hybridized carbons (Fsp3) is 0.415. The zero-order chi connectivity index (χ0) is 32.7. The molecule has 0 saturated carbocycles. The lowest BCUT2D eigenvalue weighted by atomic mass is 9.80. The van der Waals surface area contributed by atoms with E-state index in [0.29, 0.717) is 0 Å². The highest BCUT2D eigenvalue weighted by Crippen LogP contribution is 2.47. The molecule has 0 amide bonds. The molecule has 0 aliphatic heterocycles. The molecule has 0 saturated heterocycles. The molecule has 44 heavy (non-hydrogen) atoms. The SMILES string of the molecule is Cc1ccc(-c2ccc(P(Oc3ccc(C(C)(C)C)cc3C(C)(C)C)Oc3ccc(C(C)(C)C)cc3C(C)(C)C)cc2)cc1. The van der Waals surface area contributed by atoms with Crippen LogP contribution in [0.25, 0.3) is 11.1 Å². The summed E-state index contributed by atoms with van der Waals surface area (Å²) in [7, 11) is -1.50. The van der Waals surface area contributed by atoms with Gasteiger partial charge in [-0.15, -0.1) is 0 Å². The quantitative estimate of drug-likeness (QED) is 0.203. The molecule has 4 aromatic carbocycles. The van der Waals surface area contributed by atoms with Crippen LogP contribution >= 0.6 is 8.38 Å². The molecule has 0 fully saturated rings. The molecule has 0 radical (unpaired) electrons. The summed E-state index contributed by atoms with van der Waals surface area (Å²) in [6.07, 6.45) is 0. The van der Waals surface area contributed by atoms with E-state index in [1.54, 1.807) is 0 Å². The first-order chi connectivity index (χ1) is 20.2. The van der Waals surface area contributed by atoms with Gasteiger partial charge in [-0.3, -0.25) is 0 Å². The molecule has 0 aromatic heterocycles. The third-order valence-corrected chi connectivity index (χ3v) is 9.58. The Kier molecular flexibility index (Phi) is 9.50. The molecule has 0 aliphatic rings. The standard InChI is InChI=1S/C41H53O2P/c1-28-14-16-29(17-15-28)30-18-22-33(23-19-30)44(42-36-24-20-31(38(2,3)4)26-34(36)40(8,9)10)43-37-25-21-32(39(5,6)7)27-35(37)41(11,12)13/h14-27H,1-13H3. The van der Waals surface area contributed by atoms with E-state index in [1.165, 1.54) is 38.9 Å². The Labute approximate surface area is 269 Å². The minimum absolute atomic E-state index is 0.0436. The number of rotatable bonds is 6. The van der Waals surface area contributed by atoms with E-state index in [9.17, 15) is 0 Å². The van der Waals surface area contributed by atoms with Gasteiger partial charge in [-0.05, 0) is 75.1 Å². The predicted octanol–water partition coefficient (Wildman–Crippen LogP) is 11.9. The van der Waals surface area contributed by atoms with Crippen molar-refractivity contribution in [2.45, 2.75) is 112 Å². The Morgan fingerprint density at radius 1 is 0.432 bits per heavy atom. The second-order valence-corrected chi connectivity index (χ2v) is 17.7. The third kappa shape index (κ3) is 8.13. The fourth-order valence-electron chi connectivity index (χ4n) is 5.15. The fourth-order valence-corrected chi connectivity index (χ4v) is 6.47. The van der Waals surface area contributed by atoms with Crippen molar-refractivity contribution in [1.82, 2.24) is 0 Å². The van der Waals surface area contributed by atoms with E-state index in [1.807, 2.05) is 0 Å². The van der Waals surface area contributed by atoms with Crippen molar-refractivity contribution >= 4 is 13.7 Å². The summed E-state index contributed by atoms with van der Waals surface area (Å²) in [5.74, 6) is 1.76. The number of aryl methyl sites for hydroxylation is 1. The van der Waals surface area contributed by atoms with Crippen LogP contribution in [0.4, 0.5) is 0 Å². The van der Waals surface area contributed by atoms with Gasteiger partial charge in [-0.1, -0.05) is 149 Å². The molecule has 2 nitrogen and oxygen atoms in total. The van der Waals surface area contributed by atoms with Crippen molar-refractivity contribution in [3.63, 3.8) is 0 Å². The second kappa shape index (κ2) is 12.4. The Bertz CT molecular complexity index is 1490. The predicted molar refractivity (Wildman–Crippen MR) is 192 cm³/mol. The van der Waals surface area contributed by atoms with Crippen LogP contribution in [-0.4, -0.2) is 0 Å². The van der Waals surface area contributed by atoms with E-state index in [2.05, 4.69) is 175 Å². The van der Waals surface area contributed by atoms with Crippen molar-refractivity contribution < 1.29 is 9.05 Å². The number of hydrogen-bond donors (Lipinski definition) is 0. The summed E-state index contributed by atoms with van der Waals surface area (Å²) >= 11 is 0. The molecule has 0 bridgehead atoms. The van der Waals surface area contributed by atoms with Crippen LogP contribution < -0.4 is 14.4 Å². The minimum atomic E-state index is -1.50. The highest BCUT2D eigenvalue weighted by atomic mass is 31.2. The normalized spacial score (nSPS) is 12.9. The van der Waals surface area contributed by atoms with Gasteiger partial charge in [0.05, 0.1) is 5.30 Å². The maximum Gasteiger partial charge on any atom is 0.326 e. The van der Waals surface area contributed by atoms with E-state index in [-0.39, 0.29) is 21.7 Å². The summed E-state index contributed by atoms with van der Waals surface area (Å²) in [4.78, 5) is 0. The van der Waals surface area contributed by atoms with Gasteiger partial charge in [-0.25, -0.2) is 0 Å². The monoisotopic (exact) mass is 608 g/mol. The van der Waals surface area contributed by atoms with Gasteiger partial charge < -0.3 is 9.05 Å². The van der Waals surface area contributed by atoms with Crippen LogP contribution in [0.5, 0.6) is 11.5 Å². The molecule has 3 heteroatoms. The van der Waals surface area contributed by atoms with Gasteiger partial charge in [0.25, 0.3) is 0 Å². The Hall–Kier alpha value is -3.09. The first-order valence-corrected chi connectivity index (χ1v) is 17.0. The molecule has 0 unspecified atom stereocenters. The van der Waals surface area contributed by atoms with Gasteiger partial charge in [0, 0.05) is 11.1 Å². The Morgan fingerprint density at radius 3 is 1.14 bits per heavy atom. The minimum Gasteiger partial charge on any atom is -0.435 e.